The van der Waals surface area contributed by atoms with Crippen LogP contribution in [-0.4, -0.2) is 23.9 Å². The second-order valence-electron chi connectivity index (χ2n) is 0.316. The van der Waals surface area contributed by atoms with Crippen molar-refractivity contribution in [1.82, 2.24) is 0 Å². The van der Waals surface area contributed by atoms with Gasteiger partial charge in [0.2, 0.25) is 0 Å². The van der Waals surface area contributed by atoms with Crippen LogP contribution in [0, 0.1) is 0 Å². The first-order chi connectivity index (χ1) is 2.41. The second-order valence-corrected chi connectivity index (χ2v) is 0.316. The van der Waals surface area contributed by atoms with E-state index in [0.29, 0.717) is 0 Å². The van der Waals surface area contributed by atoms with Crippen LogP contribution in [-0.2, 0) is 25.8 Å². The summed E-state index contributed by atoms with van der Waals surface area (Å²) in [5, 5.41) is 14.6. The molecule has 2 N–H and O–H groups in total. The van der Waals surface area contributed by atoms with E-state index in [1.54, 1.807) is 6.92 Å². The van der Waals surface area contributed by atoms with Crippen molar-refractivity contribution >= 4 is 0 Å². The summed E-state index contributed by atoms with van der Waals surface area (Å²) in [5.74, 6) is 0. The van der Waals surface area contributed by atoms with Crippen molar-refractivity contribution in [3.63, 3.8) is 0 Å². The van der Waals surface area contributed by atoms with Gasteiger partial charge in [0.15, 0.2) is 0 Å². The number of hydrogen-bond donors (Lipinski definition) is 2. The largest absolute Gasteiger partial charge is 0.400 e. The molecule has 0 saturated heterocycles. The Hall–Kier alpha value is 0.790. The molecule has 0 amide bonds. The van der Waals surface area contributed by atoms with Gasteiger partial charge in [-0.1, -0.05) is 0 Å². The summed E-state index contributed by atoms with van der Waals surface area (Å²) in [5.41, 5.74) is 0. The molecule has 0 rings (SSSR count). The summed E-state index contributed by atoms with van der Waals surface area (Å²) in [7, 11) is 1.00. The SMILES string of the molecule is CCO.CO.[Hf]. The Kier molecular flexibility index (Phi) is 109. The van der Waals surface area contributed by atoms with Crippen LogP contribution in [0.5, 0.6) is 0 Å². The van der Waals surface area contributed by atoms with E-state index in [9.17, 15) is 0 Å². The van der Waals surface area contributed by atoms with E-state index < -0.39 is 0 Å². The first-order valence-corrected chi connectivity index (χ1v) is 1.47. The van der Waals surface area contributed by atoms with Gasteiger partial charge in [-0.25, -0.2) is 0 Å². The Balaban J connectivity index is -0.0000000275. The van der Waals surface area contributed by atoms with E-state index in [0.717, 1.165) is 7.11 Å². The molecular formula is C3H10HfO2. The van der Waals surface area contributed by atoms with Crippen molar-refractivity contribution in [2.75, 3.05) is 13.7 Å². The quantitative estimate of drug-likeness (QED) is 0.580. The van der Waals surface area contributed by atoms with Crippen molar-refractivity contribution < 1.29 is 36.1 Å². The monoisotopic (exact) mass is 258 g/mol. The maximum atomic E-state index is 7.57. The molecule has 2 nitrogen and oxygen atoms in total. The molecule has 38 valence electrons. The summed E-state index contributed by atoms with van der Waals surface area (Å²) >= 11 is 0. The zero-order valence-electron chi connectivity index (χ0n) is 4.10. The summed E-state index contributed by atoms with van der Waals surface area (Å²) in [6.45, 7) is 1.93. The fourth-order valence-electron chi connectivity index (χ4n) is 0. The molecule has 0 radical (unpaired) electrons. The van der Waals surface area contributed by atoms with Gasteiger partial charge in [0.05, 0.1) is 0 Å². The Morgan fingerprint density at radius 3 is 1.33 bits per heavy atom. The molecule has 3 heteroatoms. The smallest absolute Gasteiger partial charge is 0.0402 e. The topological polar surface area (TPSA) is 40.5 Å². The van der Waals surface area contributed by atoms with Gasteiger partial charge < -0.3 is 10.2 Å². The number of aliphatic hydroxyl groups excluding tert-OH is 2. The standard InChI is InChI=1S/C2H6O.CH4O.Hf/c1-2-3;1-2;/h3H,2H2,1H3;2H,1H3;. The number of rotatable bonds is 0. The van der Waals surface area contributed by atoms with Crippen LogP contribution in [0.3, 0.4) is 0 Å². The van der Waals surface area contributed by atoms with E-state index in [-0.39, 0.29) is 32.5 Å². The summed E-state index contributed by atoms with van der Waals surface area (Å²) in [6.07, 6.45) is 0. The third-order valence-electron chi connectivity index (χ3n) is 0. The molecule has 0 heterocycles. The summed E-state index contributed by atoms with van der Waals surface area (Å²) in [4.78, 5) is 0. The van der Waals surface area contributed by atoms with Gasteiger partial charge >= 0.3 is 0 Å². The van der Waals surface area contributed by atoms with Crippen LogP contribution in [0.25, 0.3) is 0 Å². The number of hydrogen-bond acceptors (Lipinski definition) is 2. The zero-order valence-corrected chi connectivity index (χ0v) is 7.69. The maximum absolute atomic E-state index is 7.57. The van der Waals surface area contributed by atoms with E-state index >= 15 is 0 Å². The van der Waals surface area contributed by atoms with Crippen molar-refractivity contribution in [2.24, 2.45) is 0 Å². The zero-order chi connectivity index (χ0) is 4.71. The van der Waals surface area contributed by atoms with Crippen LogP contribution in [0.2, 0.25) is 0 Å². The summed E-state index contributed by atoms with van der Waals surface area (Å²) in [6, 6.07) is 0. The fourth-order valence-corrected chi connectivity index (χ4v) is 0. The molecule has 0 spiro atoms. The van der Waals surface area contributed by atoms with Gasteiger partial charge in [-0.2, -0.15) is 0 Å². The van der Waals surface area contributed by atoms with E-state index in [4.69, 9.17) is 10.2 Å². The second kappa shape index (κ2) is 41.5. The summed E-state index contributed by atoms with van der Waals surface area (Å²) < 4.78 is 0. The predicted molar refractivity (Wildman–Crippen MR) is 20.9 cm³/mol. The van der Waals surface area contributed by atoms with E-state index in [1.165, 1.54) is 0 Å². The number of aliphatic hydroxyl groups is 2. The van der Waals surface area contributed by atoms with Gasteiger partial charge in [-0.15, -0.1) is 0 Å². The van der Waals surface area contributed by atoms with E-state index in [2.05, 4.69) is 0 Å². The molecule has 0 aromatic carbocycles. The van der Waals surface area contributed by atoms with Gasteiger partial charge in [0.1, 0.15) is 0 Å². The Morgan fingerprint density at radius 2 is 1.33 bits per heavy atom. The predicted octanol–water partition coefficient (Wildman–Crippen LogP) is -0.395. The molecular weight excluding hydrogens is 247 g/mol. The maximum Gasteiger partial charge on any atom is 0.0402 e. The van der Waals surface area contributed by atoms with Crippen molar-refractivity contribution in [1.29, 1.82) is 0 Å². The molecule has 0 aromatic rings. The molecule has 0 atom stereocenters. The Morgan fingerprint density at radius 1 is 1.33 bits per heavy atom. The molecule has 0 aliphatic carbocycles. The van der Waals surface area contributed by atoms with Crippen molar-refractivity contribution in [3.8, 4) is 0 Å². The van der Waals surface area contributed by atoms with Crippen LogP contribution in [0.4, 0.5) is 0 Å². The van der Waals surface area contributed by atoms with Gasteiger partial charge in [-0.3, -0.25) is 0 Å². The minimum atomic E-state index is 0. The molecule has 0 aliphatic rings. The molecule has 0 saturated carbocycles. The minimum Gasteiger partial charge on any atom is -0.400 e. The molecule has 0 fully saturated rings. The average Bonchev–Trinajstić information content (AvgIpc) is 1.46. The normalized spacial score (nSPS) is 4.00. The van der Waals surface area contributed by atoms with Gasteiger partial charge in [-0.05, 0) is 6.92 Å². The van der Waals surface area contributed by atoms with Crippen LogP contribution in [0.15, 0.2) is 0 Å². The molecule has 0 unspecified atom stereocenters. The van der Waals surface area contributed by atoms with Crippen LogP contribution in [0.1, 0.15) is 6.92 Å². The van der Waals surface area contributed by atoms with Crippen LogP contribution < -0.4 is 0 Å². The van der Waals surface area contributed by atoms with Gasteiger partial charge in [0.25, 0.3) is 0 Å². The Bertz CT molecular complexity index is 8.75. The van der Waals surface area contributed by atoms with Crippen molar-refractivity contribution in [2.45, 2.75) is 6.92 Å². The molecule has 0 aromatic heterocycles. The molecule has 6 heavy (non-hydrogen) atoms. The fraction of sp³-hybridized carbons (Fsp3) is 1.00. The molecule has 0 aliphatic heterocycles. The first kappa shape index (κ1) is 15.8. The third-order valence-corrected chi connectivity index (χ3v) is 0. The molecule has 0 bridgehead atoms. The Labute approximate surface area is 57.0 Å². The average molecular weight is 257 g/mol. The van der Waals surface area contributed by atoms with E-state index in [1.807, 2.05) is 0 Å². The third kappa shape index (κ3) is 110. The first-order valence-electron chi connectivity index (χ1n) is 1.47. The van der Waals surface area contributed by atoms with Gasteiger partial charge in [0, 0.05) is 39.6 Å². The minimum absolute atomic E-state index is 0. The van der Waals surface area contributed by atoms with Crippen molar-refractivity contribution in [3.05, 3.63) is 0 Å². The van der Waals surface area contributed by atoms with Crippen LogP contribution >= 0.6 is 0 Å².